The van der Waals surface area contributed by atoms with Gasteiger partial charge < -0.3 is 14.6 Å². The second kappa shape index (κ2) is 6.52. The lowest BCUT2D eigenvalue weighted by atomic mass is 10.0. The topological polar surface area (TPSA) is 62.6 Å². The molecule has 104 valence electrons. The Bertz CT molecular complexity index is 457. The first-order valence-corrected chi connectivity index (χ1v) is 6.83. The van der Waals surface area contributed by atoms with Gasteiger partial charge in [0.25, 0.3) is 5.91 Å². The number of rotatable bonds is 4. The van der Waals surface area contributed by atoms with E-state index in [0.717, 1.165) is 38.9 Å². The minimum atomic E-state index is -0.432. The number of amides is 1. The van der Waals surface area contributed by atoms with Gasteiger partial charge in [0.15, 0.2) is 0 Å². The number of hydrogen-bond acceptors (Lipinski definition) is 4. The molecule has 2 heterocycles. The van der Waals surface area contributed by atoms with Crippen molar-refractivity contribution in [3.05, 3.63) is 34.4 Å². The van der Waals surface area contributed by atoms with Gasteiger partial charge in [-0.3, -0.25) is 4.79 Å². The SMILES string of the molecule is CCCN(C(=O)c1ccc(=O)oc1)C1CCCNC1. The van der Waals surface area contributed by atoms with Crippen LogP contribution >= 0.6 is 0 Å². The third-order valence-electron chi connectivity index (χ3n) is 3.38. The first-order valence-electron chi connectivity index (χ1n) is 6.83. The van der Waals surface area contributed by atoms with Crippen molar-refractivity contribution >= 4 is 5.91 Å². The molecule has 0 aromatic carbocycles. The molecule has 1 aromatic heterocycles. The Morgan fingerprint density at radius 2 is 2.37 bits per heavy atom. The maximum absolute atomic E-state index is 12.5. The number of nitrogens with one attached hydrogen (secondary N) is 1. The molecule has 1 fully saturated rings. The van der Waals surface area contributed by atoms with Gasteiger partial charge in [0.1, 0.15) is 6.26 Å². The number of carbonyl (C=O) groups is 1. The van der Waals surface area contributed by atoms with Crippen molar-refractivity contribution in [2.45, 2.75) is 32.2 Å². The molecule has 5 nitrogen and oxygen atoms in total. The normalized spacial score (nSPS) is 19.1. The summed E-state index contributed by atoms with van der Waals surface area (Å²) in [6.07, 6.45) is 4.28. The van der Waals surface area contributed by atoms with E-state index >= 15 is 0 Å². The van der Waals surface area contributed by atoms with Crippen molar-refractivity contribution in [3.8, 4) is 0 Å². The van der Waals surface area contributed by atoms with Crippen LogP contribution in [0.3, 0.4) is 0 Å². The molecule has 1 atom stereocenters. The number of hydrogen-bond donors (Lipinski definition) is 1. The van der Waals surface area contributed by atoms with Crippen LogP contribution in [-0.4, -0.2) is 36.5 Å². The average Bonchev–Trinajstić information content (AvgIpc) is 2.46. The molecule has 0 saturated carbocycles. The van der Waals surface area contributed by atoms with Crippen LogP contribution in [0.15, 0.2) is 27.6 Å². The summed E-state index contributed by atoms with van der Waals surface area (Å²) in [6, 6.07) is 3.05. The zero-order chi connectivity index (χ0) is 13.7. The van der Waals surface area contributed by atoms with Gasteiger partial charge in [-0.1, -0.05) is 6.92 Å². The van der Waals surface area contributed by atoms with Crippen LogP contribution in [0, 0.1) is 0 Å². The number of piperidine rings is 1. The van der Waals surface area contributed by atoms with Gasteiger partial charge in [-0.05, 0) is 31.9 Å². The van der Waals surface area contributed by atoms with Crippen molar-refractivity contribution in [1.82, 2.24) is 10.2 Å². The fourth-order valence-electron chi connectivity index (χ4n) is 2.44. The van der Waals surface area contributed by atoms with E-state index < -0.39 is 5.63 Å². The van der Waals surface area contributed by atoms with Crippen LogP contribution in [0.2, 0.25) is 0 Å². The summed E-state index contributed by atoms with van der Waals surface area (Å²) in [5.74, 6) is -0.0562. The van der Waals surface area contributed by atoms with Crippen LogP contribution in [-0.2, 0) is 0 Å². The predicted molar refractivity (Wildman–Crippen MR) is 72.2 cm³/mol. The Morgan fingerprint density at radius 3 is 2.95 bits per heavy atom. The van der Waals surface area contributed by atoms with E-state index in [1.54, 1.807) is 0 Å². The number of nitrogens with zero attached hydrogens (tertiary/aromatic N) is 1. The molecule has 1 aromatic rings. The number of carbonyl (C=O) groups excluding carboxylic acids is 1. The van der Waals surface area contributed by atoms with E-state index in [1.807, 2.05) is 4.90 Å². The summed E-state index contributed by atoms with van der Waals surface area (Å²) in [6.45, 7) is 4.64. The summed E-state index contributed by atoms with van der Waals surface area (Å²) in [5, 5.41) is 3.32. The highest BCUT2D eigenvalue weighted by Gasteiger charge is 2.25. The minimum Gasteiger partial charge on any atom is -0.430 e. The Hall–Kier alpha value is -1.62. The van der Waals surface area contributed by atoms with Crippen molar-refractivity contribution in [3.63, 3.8) is 0 Å². The van der Waals surface area contributed by atoms with E-state index in [2.05, 4.69) is 12.2 Å². The molecule has 0 bridgehead atoms. The summed E-state index contributed by atoms with van der Waals surface area (Å²) in [7, 11) is 0. The van der Waals surface area contributed by atoms with E-state index in [-0.39, 0.29) is 11.9 Å². The molecule has 1 aliphatic heterocycles. The molecule has 5 heteroatoms. The van der Waals surface area contributed by atoms with Gasteiger partial charge in [-0.25, -0.2) is 4.79 Å². The Balaban J connectivity index is 2.15. The van der Waals surface area contributed by atoms with Gasteiger partial charge in [0.05, 0.1) is 5.56 Å². The summed E-state index contributed by atoms with van der Waals surface area (Å²) < 4.78 is 4.78. The molecule has 1 saturated heterocycles. The standard InChI is InChI=1S/C14H20N2O3/c1-2-8-16(12-4-3-7-15-9-12)14(18)11-5-6-13(17)19-10-11/h5-6,10,12,15H,2-4,7-9H2,1H3. The molecule has 0 aliphatic carbocycles. The molecule has 1 N–H and O–H groups in total. The summed E-state index contributed by atoms with van der Waals surface area (Å²) in [5.41, 5.74) is 0.0107. The van der Waals surface area contributed by atoms with Crippen LogP contribution in [0.25, 0.3) is 0 Å². The van der Waals surface area contributed by atoms with Crippen molar-refractivity contribution < 1.29 is 9.21 Å². The zero-order valence-electron chi connectivity index (χ0n) is 11.2. The second-order valence-corrected chi connectivity index (χ2v) is 4.84. The molecular weight excluding hydrogens is 244 g/mol. The lowest BCUT2D eigenvalue weighted by molar-refractivity contribution is 0.0646. The summed E-state index contributed by atoms with van der Waals surface area (Å²) in [4.78, 5) is 25.3. The highest BCUT2D eigenvalue weighted by molar-refractivity contribution is 5.94. The molecular formula is C14H20N2O3. The predicted octanol–water partition coefficient (Wildman–Crippen LogP) is 1.24. The third-order valence-corrected chi connectivity index (χ3v) is 3.38. The average molecular weight is 264 g/mol. The van der Waals surface area contributed by atoms with Crippen LogP contribution in [0.1, 0.15) is 36.5 Å². The first-order chi connectivity index (χ1) is 9.22. The maximum Gasteiger partial charge on any atom is 0.335 e. The van der Waals surface area contributed by atoms with Crippen molar-refractivity contribution in [1.29, 1.82) is 0 Å². The molecule has 19 heavy (non-hydrogen) atoms. The fourth-order valence-corrected chi connectivity index (χ4v) is 2.44. The van der Waals surface area contributed by atoms with Crippen molar-refractivity contribution in [2.75, 3.05) is 19.6 Å². The summed E-state index contributed by atoms with van der Waals surface area (Å²) >= 11 is 0. The van der Waals surface area contributed by atoms with Gasteiger partial charge in [-0.15, -0.1) is 0 Å². The van der Waals surface area contributed by atoms with Gasteiger partial charge in [-0.2, -0.15) is 0 Å². The van der Waals surface area contributed by atoms with Gasteiger partial charge >= 0.3 is 5.63 Å². The monoisotopic (exact) mass is 264 g/mol. The van der Waals surface area contributed by atoms with E-state index in [4.69, 9.17) is 4.42 Å². The molecule has 1 aliphatic rings. The molecule has 1 amide bonds. The van der Waals surface area contributed by atoms with Crippen LogP contribution in [0.5, 0.6) is 0 Å². The maximum atomic E-state index is 12.5. The van der Waals surface area contributed by atoms with Gasteiger partial charge in [0, 0.05) is 25.2 Å². The van der Waals surface area contributed by atoms with Gasteiger partial charge in [0.2, 0.25) is 0 Å². The molecule has 1 unspecified atom stereocenters. The fraction of sp³-hybridized carbons (Fsp3) is 0.571. The molecule has 0 spiro atoms. The largest absolute Gasteiger partial charge is 0.430 e. The Kier molecular flexibility index (Phi) is 4.74. The zero-order valence-corrected chi connectivity index (χ0v) is 11.2. The third kappa shape index (κ3) is 3.44. The quantitative estimate of drug-likeness (QED) is 0.889. The van der Waals surface area contributed by atoms with E-state index in [1.165, 1.54) is 18.4 Å². The Labute approximate surface area is 112 Å². The highest BCUT2D eigenvalue weighted by Crippen LogP contribution is 2.14. The van der Waals surface area contributed by atoms with Crippen LogP contribution < -0.4 is 10.9 Å². The lowest BCUT2D eigenvalue weighted by Gasteiger charge is -2.34. The van der Waals surface area contributed by atoms with E-state index in [0.29, 0.717) is 5.56 Å². The van der Waals surface area contributed by atoms with E-state index in [9.17, 15) is 9.59 Å². The highest BCUT2D eigenvalue weighted by atomic mass is 16.4. The second-order valence-electron chi connectivity index (χ2n) is 4.84. The van der Waals surface area contributed by atoms with Crippen LogP contribution in [0.4, 0.5) is 0 Å². The van der Waals surface area contributed by atoms with Crippen molar-refractivity contribution in [2.24, 2.45) is 0 Å². The Morgan fingerprint density at radius 1 is 1.53 bits per heavy atom. The molecule has 2 rings (SSSR count). The minimum absolute atomic E-state index is 0.0562. The first kappa shape index (κ1) is 13.8. The lowest BCUT2D eigenvalue weighted by Crippen LogP contribution is -2.49. The molecule has 0 radical (unpaired) electrons. The smallest absolute Gasteiger partial charge is 0.335 e.